The van der Waals surface area contributed by atoms with Gasteiger partial charge in [0.05, 0.1) is 7.11 Å². The highest BCUT2D eigenvalue weighted by Gasteiger charge is 2.20. The summed E-state index contributed by atoms with van der Waals surface area (Å²) in [5, 5.41) is 2.86. The summed E-state index contributed by atoms with van der Waals surface area (Å²) in [6.45, 7) is 5.16. The molecule has 6 nitrogen and oxygen atoms in total. The first-order chi connectivity index (χ1) is 13.0. The molecule has 1 saturated heterocycles. The number of amides is 2. The van der Waals surface area contributed by atoms with Crippen LogP contribution in [0, 0.1) is 6.92 Å². The van der Waals surface area contributed by atoms with Crippen LogP contribution in [-0.2, 0) is 0 Å². The van der Waals surface area contributed by atoms with Crippen LogP contribution in [0.25, 0.3) is 0 Å². The van der Waals surface area contributed by atoms with Gasteiger partial charge in [-0.05, 0) is 62.0 Å². The predicted molar refractivity (Wildman–Crippen MR) is 106 cm³/mol. The molecule has 2 aromatic rings. The van der Waals surface area contributed by atoms with E-state index < -0.39 is 0 Å². The SMILES string of the molecule is COc1ccc(C(=O)Nc2ccc(C(=O)N3CCN(C)CC3)cc2)cc1C. The summed E-state index contributed by atoms with van der Waals surface area (Å²) in [5.41, 5.74) is 2.76. The largest absolute Gasteiger partial charge is 0.496 e. The van der Waals surface area contributed by atoms with Crippen LogP contribution < -0.4 is 10.1 Å². The van der Waals surface area contributed by atoms with E-state index in [0.717, 1.165) is 37.5 Å². The summed E-state index contributed by atoms with van der Waals surface area (Å²) in [5.74, 6) is 0.587. The summed E-state index contributed by atoms with van der Waals surface area (Å²) in [7, 11) is 3.66. The van der Waals surface area contributed by atoms with E-state index in [9.17, 15) is 9.59 Å². The van der Waals surface area contributed by atoms with Crippen LogP contribution in [0.15, 0.2) is 42.5 Å². The van der Waals surface area contributed by atoms with Crippen molar-refractivity contribution in [2.75, 3.05) is 45.7 Å². The Morgan fingerprint density at radius 1 is 0.963 bits per heavy atom. The lowest BCUT2D eigenvalue weighted by atomic mass is 10.1. The standard InChI is InChI=1S/C21H25N3O3/c1-15-14-17(6-9-19(15)27-3)20(25)22-18-7-4-16(5-8-18)21(26)24-12-10-23(2)11-13-24/h4-9,14H,10-13H2,1-3H3,(H,22,25). The number of carbonyl (C=O) groups excluding carboxylic acids is 2. The van der Waals surface area contributed by atoms with Crippen molar-refractivity contribution >= 4 is 17.5 Å². The third kappa shape index (κ3) is 4.46. The number of hydrogen-bond donors (Lipinski definition) is 1. The van der Waals surface area contributed by atoms with Crippen molar-refractivity contribution in [1.82, 2.24) is 9.80 Å². The summed E-state index contributed by atoms with van der Waals surface area (Å²) < 4.78 is 5.22. The maximum absolute atomic E-state index is 12.6. The number of nitrogens with zero attached hydrogens (tertiary/aromatic N) is 2. The van der Waals surface area contributed by atoms with Gasteiger partial charge in [-0.1, -0.05) is 0 Å². The molecule has 1 N–H and O–H groups in total. The van der Waals surface area contributed by atoms with Crippen LogP contribution in [-0.4, -0.2) is 62.0 Å². The lowest BCUT2D eigenvalue weighted by molar-refractivity contribution is 0.0664. The minimum absolute atomic E-state index is 0.0340. The van der Waals surface area contributed by atoms with Crippen molar-refractivity contribution in [2.24, 2.45) is 0 Å². The summed E-state index contributed by atoms with van der Waals surface area (Å²) >= 11 is 0. The zero-order chi connectivity index (χ0) is 19.4. The van der Waals surface area contributed by atoms with Crippen LogP contribution in [0.1, 0.15) is 26.3 Å². The minimum atomic E-state index is -0.195. The quantitative estimate of drug-likeness (QED) is 0.902. The number of methoxy groups -OCH3 is 1. The van der Waals surface area contributed by atoms with Crippen LogP contribution in [0.4, 0.5) is 5.69 Å². The normalized spacial score (nSPS) is 14.7. The molecule has 142 valence electrons. The van der Waals surface area contributed by atoms with E-state index in [1.165, 1.54) is 0 Å². The first-order valence-corrected chi connectivity index (χ1v) is 9.02. The Bertz CT molecular complexity index is 825. The Labute approximate surface area is 159 Å². The van der Waals surface area contributed by atoms with E-state index in [2.05, 4.69) is 17.3 Å². The van der Waals surface area contributed by atoms with Crippen molar-refractivity contribution in [2.45, 2.75) is 6.92 Å². The second kappa shape index (κ2) is 8.22. The van der Waals surface area contributed by atoms with Crippen LogP contribution in [0.3, 0.4) is 0 Å². The van der Waals surface area contributed by atoms with E-state index in [4.69, 9.17) is 4.74 Å². The van der Waals surface area contributed by atoms with Gasteiger partial charge in [-0.2, -0.15) is 0 Å². The zero-order valence-corrected chi connectivity index (χ0v) is 16.0. The molecule has 0 spiro atoms. The average molecular weight is 367 g/mol. The Kier molecular flexibility index (Phi) is 5.76. The number of nitrogens with one attached hydrogen (secondary N) is 1. The topological polar surface area (TPSA) is 61.9 Å². The molecule has 0 saturated carbocycles. The Balaban J connectivity index is 1.64. The number of benzene rings is 2. The zero-order valence-electron chi connectivity index (χ0n) is 16.0. The van der Waals surface area contributed by atoms with Gasteiger partial charge in [0.25, 0.3) is 11.8 Å². The monoisotopic (exact) mass is 367 g/mol. The third-order valence-corrected chi connectivity index (χ3v) is 4.84. The van der Waals surface area contributed by atoms with E-state index in [-0.39, 0.29) is 11.8 Å². The molecule has 1 aliphatic rings. The molecule has 0 unspecified atom stereocenters. The maximum atomic E-state index is 12.6. The molecule has 1 aliphatic heterocycles. The van der Waals surface area contributed by atoms with Crippen molar-refractivity contribution in [3.8, 4) is 5.75 Å². The predicted octanol–water partition coefficient (Wildman–Crippen LogP) is 2.64. The van der Waals surface area contributed by atoms with Gasteiger partial charge < -0.3 is 19.9 Å². The number of rotatable bonds is 4. The van der Waals surface area contributed by atoms with Crippen molar-refractivity contribution in [1.29, 1.82) is 0 Å². The highest BCUT2D eigenvalue weighted by atomic mass is 16.5. The van der Waals surface area contributed by atoms with Crippen molar-refractivity contribution in [3.63, 3.8) is 0 Å². The molecule has 0 aliphatic carbocycles. The molecule has 27 heavy (non-hydrogen) atoms. The van der Waals surface area contributed by atoms with Gasteiger partial charge in [0, 0.05) is 43.0 Å². The van der Waals surface area contributed by atoms with E-state index in [0.29, 0.717) is 16.8 Å². The molecule has 6 heteroatoms. The number of likely N-dealkylation sites (N-methyl/N-ethyl adjacent to an activating group) is 1. The Morgan fingerprint density at radius 2 is 1.59 bits per heavy atom. The second-order valence-corrected chi connectivity index (χ2v) is 6.81. The fraction of sp³-hybridized carbons (Fsp3) is 0.333. The number of carbonyl (C=O) groups is 2. The van der Waals surface area contributed by atoms with Gasteiger partial charge in [0.2, 0.25) is 0 Å². The Morgan fingerprint density at radius 3 is 2.19 bits per heavy atom. The van der Waals surface area contributed by atoms with E-state index in [1.54, 1.807) is 49.6 Å². The summed E-state index contributed by atoms with van der Waals surface area (Å²) in [4.78, 5) is 29.1. The number of piperazine rings is 1. The van der Waals surface area contributed by atoms with Crippen LogP contribution in [0.2, 0.25) is 0 Å². The molecular weight excluding hydrogens is 342 g/mol. The summed E-state index contributed by atoms with van der Waals surface area (Å²) in [6.07, 6.45) is 0. The molecule has 0 aromatic heterocycles. The summed E-state index contributed by atoms with van der Waals surface area (Å²) in [6, 6.07) is 12.3. The lowest BCUT2D eigenvalue weighted by Crippen LogP contribution is -2.47. The average Bonchev–Trinajstić information content (AvgIpc) is 2.68. The highest BCUT2D eigenvalue weighted by Crippen LogP contribution is 2.20. The van der Waals surface area contributed by atoms with Crippen LogP contribution in [0.5, 0.6) is 5.75 Å². The number of anilines is 1. The van der Waals surface area contributed by atoms with Gasteiger partial charge in [0.15, 0.2) is 0 Å². The number of ether oxygens (including phenoxy) is 1. The fourth-order valence-corrected chi connectivity index (χ4v) is 3.11. The third-order valence-electron chi connectivity index (χ3n) is 4.84. The second-order valence-electron chi connectivity index (χ2n) is 6.81. The van der Waals surface area contributed by atoms with Gasteiger partial charge in [-0.15, -0.1) is 0 Å². The van der Waals surface area contributed by atoms with Crippen molar-refractivity contribution in [3.05, 3.63) is 59.2 Å². The van der Waals surface area contributed by atoms with Gasteiger partial charge >= 0.3 is 0 Å². The molecule has 2 amide bonds. The fourth-order valence-electron chi connectivity index (χ4n) is 3.11. The molecule has 1 heterocycles. The molecule has 0 atom stereocenters. The van der Waals surface area contributed by atoms with Crippen molar-refractivity contribution < 1.29 is 14.3 Å². The minimum Gasteiger partial charge on any atom is -0.496 e. The van der Waals surface area contributed by atoms with Gasteiger partial charge in [-0.3, -0.25) is 9.59 Å². The first kappa shape index (κ1) is 18.9. The van der Waals surface area contributed by atoms with E-state index in [1.807, 2.05) is 11.8 Å². The number of hydrogen-bond acceptors (Lipinski definition) is 4. The molecule has 2 aromatic carbocycles. The molecule has 0 radical (unpaired) electrons. The highest BCUT2D eigenvalue weighted by molar-refractivity contribution is 6.04. The Hall–Kier alpha value is -2.86. The van der Waals surface area contributed by atoms with E-state index >= 15 is 0 Å². The van der Waals surface area contributed by atoms with Crippen LogP contribution >= 0.6 is 0 Å². The smallest absolute Gasteiger partial charge is 0.255 e. The molecule has 0 bridgehead atoms. The maximum Gasteiger partial charge on any atom is 0.255 e. The molecule has 1 fully saturated rings. The van der Waals surface area contributed by atoms with Gasteiger partial charge in [-0.25, -0.2) is 0 Å². The number of aryl methyl sites for hydroxylation is 1. The first-order valence-electron chi connectivity index (χ1n) is 9.02. The lowest BCUT2D eigenvalue weighted by Gasteiger charge is -2.32. The van der Waals surface area contributed by atoms with Gasteiger partial charge in [0.1, 0.15) is 5.75 Å². The molecular formula is C21H25N3O3. The molecule has 3 rings (SSSR count).